The van der Waals surface area contributed by atoms with Crippen LogP contribution < -0.4 is 0 Å². The summed E-state index contributed by atoms with van der Waals surface area (Å²) in [7, 11) is 0.534. The molecule has 7 heteroatoms. The van der Waals surface area contributed by atoms with Crippen molar-refractivity contribution >= 4 is 48.6 Å². The Balaban J connectivity index is 1.98. The highest BCUT2D eigenvalue weighted by Gasteiger charge is 2.31. The van der Waals surface area contributed by atoms with Gasteiger partial charge in [0.15, 0.2) is 0 Å². The second kappa shape index (κ2) is 7.52. The SMILES string of the molecule is CSc1ccc2c(c1)c1c(n2S(=O)(=O)c2ccc(Br)cc2)CCC(N(C)C)C1. The minimum atomic E-state index is -3.66. The van der Waals surface area contributed by atoms with Crippen molar-refractivity contribution in [2.45, 2.75) is 35.1 Å². The monoisotopic (exact) mass is 478 g/mol. The lowest BCUT2D eigenvalue weighted by molar-refractivity contribution is 0.267. The lowest BCUT2D eigenvalue weighted by Gasteiger charge is -2.29. The van der Waals surface area contributed by atoms with Crippen LogP contribution in [0.4, 0.5) is 0 Å². The summed E-state index contributed by atoms with van der Waals surface area (Å²) < 4.78 is 29.6. The molecule has 1 aliphatic rings. The number of benzene rings is 2. The average Bonchev–Trinajstić information content (AvgIpc) is 3.01. The molecule has 0 saturated carbocycles. The molecule has 0 fully saturated rings. The normalized spacial score (nSPS) is 17.2. The zero-order chi connectivity index (χ0) is 20.1. The van der Waals surface area contributed by atoms with Crippen molar-refractivity contribution in [2.75, 3.05) is 20.4 Å². The van der Waals surface area contributed by atoms with Gasteiger partial charge in [-0.25, -0.2) is 12.4 Å². The van der Waals surface area contributed by atoms with Crippen LogP contribution in [-0.4, -0.2) is 43.7 Å². The summed E-state index contributed by atoms with van der Waals surface area (Å²) in [5, 5.41) is 1.06. The molecule has 0 amide bonds. The molecular formula is C21H23BrN2O2S2. The van der Waals surface area contributed by atoms with Gasteiger partial charge in [-0.1, -0.05) is 15.9 Å². The van der Waals surface area contributed by atoms with Crippen LogP contribution in [-0.2, 0) is 22.9 Å². The fourth-order valence-corrected chi connectivity index (χ4v) is 6.34. The van der Waals surface area contributed by atoms with E-state index in [0.717, 1.165) is 45.2 Å². The highest BCUT2D eigenvalue weighted by Crippen LogP contribution is 2.37. The van der Waals surface area contributed by atoms with Gasteiger partial charge in [0.2, 0.25) is 0 Å². The smallest absolute Gasteiger partial charge is 0.268 e. The number of halogens is 1. The van der Waals surface area contributed by atoms with Crippen LogP contribution in [0.1, 0.15) is 17.7 Å². The van der Waals surface area contributed by atoms with Crippen molar-refractivity contribution in [3.05, 3.63) is 58.2 Å². The first kappa shape index (κ1) is 20.0. The minimum Gasteiger partial charge on any atom is -0.306 e. The van der Waals surface area contributed by atoms with Crippen molar-refractivity contribution in [1.29, 1.82) is 0 Å². The van der Waals surface area contributed by atoms with Crippen LogP contribution in [0.15, 0.2) is 56.7 Å². The number of hydrogen-bond donors (Lipinski definition) is 0. The van der Waals surface area contributed by atoms with Crippen molar-refractivity contribution in [3.63, 3.8) is 0 Å². The maximum atomic E-state index is 13.6. The third kappa shape index (κ3) is 3.32. The molecule has 4 rings (SSSR count). The average molecular weight is 479 g/mol. The van der Waals surface area contributed by atoms with Gasteiger partial charge in [-0.3, -0.25) is 0 Å². The van der Waals surface area contributed by atoms with Gasteiger partial charge in [-0.15, -0.1) is 11.8 Å². The fraction of sp³-hybridized carbons (Fsp3) is 0.333. The topological polar surface area (TPSA) is 42.3 Å². The molecule has 3 aromatic rings. The zero-order valence-corrected chi connectivity index (χ0v) is 19.4. The number of hydrogen-bond acceptors (Lipinski definition) is 4. The summed E-state index contributed by atoms with van der Waals surface area (Å²) in [4.78, 5) is 3.72. The number of thioether (sulfide) groups is 1. The fourth-order valence-electron chi connectivity index (χ4n) is 4.03. The molecule has 0 spiro atoms. The van der Waals surface area contributed by atoms with E-state index in [1.807, 2.05) is 18.4 Å². The van der Waals surface area contributed by atoms with E-state index in [9.17, 15) is 8.42 Å². The number of rotatable bonds is 4. The van der Waals surface area contributed by atoms with Crippen LogP contribution in [0, 0.1) is 0 Å². The summed E-state index contributed by atoms with van der Waals surface area (Å²) in [5.74, 6) is 0. The van der Waals surface area contributed by atoms with Gasteiger partial charge in [0, 0.05) is 26.5 Å². The van der Waals surface area contributed by atoms with Gasteiger partial charge in [-0.05, 0) is 87.6 Å². The molecule has 0 bridgehead atoms. The molecule has 0 aliphatic heterocycles. The Kier molecular flexibility index (Phi) is 5.37. The van der Waals surface area contributed by atoms with Crippen LogP contribution in [0.2, 0.25) is 0 Å². The highest BCUT2D eigenvalue weighted by molar-refractivity contribution is 9.10. The maximum absolute atomic E-state index is 13.6. The minimum absolute atomic E-state index is 0.319. The lowest BCUT2D eigenvalue weighted by Crippen LogP contribution is -2.34. The molecule has 2 aromatic carbocycles. The van der Waals surface area contributed by atoms with Gasteiger partial charge < -0.3 is 4.90 Å². The van der Waals surface area contributed by atoms with E-state index in [1.54, 1.807) is 40.0 Å². The molecule has 4 nitrogen and oxygen atoms in total. The number of fused-ring (bicyclic) bond motifs is 3. The van der Waals surface area contributed by atoms with E-state index < -0.39 is 10.0 Å². The van der Waals surface area contributed by atoms with Crippen molar-refractivity contribution in [2.24, 2.45) is 0 Å². The quantitative estimate of drug-likeness (QED) is 0.505. The molecule has 1 heterocycles. The Hall–Kier alpha value is -1.28. The van der Waals surface area contributed by atoms with E-state index >= 15 is 0 Å². The zero-order valence-electron chi connectivity index (χ0n) is 16.1. The predicted octanol–water partition coefficient (Wildman–Crippen LogP) is 4.78. The van der Waals surface area contributed by atoms with E-state index in [1.165, 1.54) is 5.56 Å². The van der Waals surface area contributed by atoms with Gasteiger partial charge in [-0.2, -0.15) is 0 Å². The highest BCUT2D eigenvalue weighted by atomic mass is 79.9. The largest absolute Gasteiger partial charge is 0.306 e. The number of nitrogens with zero attached hydrogens (tertiary/aromatic N) is 2. The third-order valence-electron chi connectivity index (χ3n) is 5.58. The van der Waals surface area contributed by atoms with Crippen molar-refractivity contribution in [3.8, 4) is 0 Å². The molecule has 1 atom stereocenters. The van der Waals surface area contributed by atoms with Crippen LogP contribution >= 0.6 is 27.7 Å². The Bertz CT molecular complexity index is 1140. The predicted molar refractivity (Wildman–Crippen MR) is 120 cm³/mol. The van der Waals surface area contributed by atoms with Crippen LogP contribution in [0.25, 0.3) is 10.9 Å². The summed E-state index contributed by atoms with van der Waals surface area (Å²) in [5.41, 5.74) is 2.90. The van der Waals surface area contributed by atoms with E-state index in [4.69, 9.17) is 0 Å². The van der Waals surface area contributed by atoms with E-state index in [-0.39, 0.29) is 0 Å². The molecule has 0 radical (unpaired) electrons. The Morgan fingerprint density at radius 1 is 1.14 bits per heavy atom. The summed E-state index contributed by atoms with van der Waals surface area (Å²) in [6.07, 6.45) is 4.64. The second-order valence-electron chi connectivity index (χ2n) is 7.39. The first-order valence-corrected chi connectivity index (χ1v) is 12.7. The van der Waals surface area contributed by atoms with E-state index in [0.29, 0.717) is 10.9 Å². The van der Waals surface area contributed by atoms with Gasteiger partial charge >= 0.3 is 0 Å². The molecular weight excluding hydrogens is 456 g/mol. The van der Waals surface area contributed by atoms with E-state index in [2.05, 4.69) is 41.0 Å². The standard InChI is InChI=1S/C21H23BrN2O2S2/c1-23(2)15-6-10-20-18(12-15)19-13-16(27-3)7-11-21(19)24(20)28(25,26)17-8-4-14(22)5-9-17/h4-5,7-9,11,13,15H,6,10,12H2,1-3H3. The second-order valence-corrected chi connectivity index (χ2v) is 11.0. The molecule has 0 N–H and O–H groups in total. The van der Waals surface area contributed by atoms with Crippen LogP contribution in [0.5, 0.6) is 0 Å². The maximum Gasteiger partial charge on any atom is 0.268 e. The number of likely N-dealkylation sites (N-methyl/N-ethyl adjacent to an activating group) is 1. The first-order valence-electron chi connectivity index (χ1n) is 9.20. The van der Waals surface area contributed by atoms with Gasteiger partial charge in [0.05, 0.1) is 10.4 Å². The Labute approximate surface area is 179 Å². The van der Waals surface area contributed by atoms with Crippen LogP contribution in [0.3, 0.4) is 0 Å². The lowest BCUT2D eigenvalue weighted by atomic mass is 9.91. The first-order chi connectivity index (χ1) is 13.3. The summed E-state index contributed by atoms with van der Waals surface area (Å²) in [6.45, 7) is 0. The molecule has 28 heavy (non-hydrogen) atoms. The number of aromatic nitrogens is 1. The van der Waals surface area contributed by atoms with Crippen molar-refractivity contribution in [1.82, 2.24) is 8.87 Å². The summed E-state index contributed by atoms with van der Waals surface area (Å²) >= 11 is 5.07. The Morgan fingerprint density at radius 2 is 1.86 bits per heavy atom. The molecule has 1 aliphatic carbocycles. The molecule has 1 aromatic heterocycles. The van der Waals surface area contributed by atoms with Gasteiger partial charge in [0.1, 0.15) is 0 Å². The van der Waals surface area contributed by atoms with Gasteiger partial charge in [0.25, 0.3) is 10.0 Å². The molecule has 148 valence electrons. The third-order valence-corrected chi connectivity index (χ3v) is 8.60. The molecule has 1 unspecified atom stereocenters. The van der Waals surface area contributed by atoms with Crippen molar-refractivity contribution < 1.29 is 8.42 Å². The summed E-state index contributed by atoms with van der Waals surface area (Å²) in [6, 6.07) is 13.4. The Morgan fingerprint density at radius 3 is 2.50 bits per heavy atom. The molecule has 0 saturated heterocycles.